The van der Waals surface area contributed by atoms with Crippen LogP contribution >= 0.6 is 0 Å². The fourth-order valence-corrected chi connectivity index (χ4v) is 3.27. The third kappa shape index (κ3) is 3.54. The number of rotatable bonds is 4. The fraction of sp³-hybridized carbons (Fsp3) is 0.688. The van der Waals surface area contributed by atoms with Gasteiger partial charge in [0.2, 0.25) is 0 Å². The minimum absolute atomic E-state index is 0.133. The van der Waals surface area contributed by atoms with E-state index in [2.05, 4.69) is 32.7 Å². The summed E-state index contributed by atoms with van der Waals surface area (Å²) in [6.45, 7) is 8.37. The minimum atomic E-state index is -0.315. The number of pyridine rings is 1. The van der Waals surface area contributed by atoms with Gasteiger partial charge in [-0.15, -0.1) is 0 Å². The Morgan fingerprint density at radius 1 is 1.32 bits per heavy atom. The van der Waals surface area contributed by atoms with Crippen LogP contribution in [0.3, 0.4) is 0 Å². The standard InChI is InChI=1S/C16H25NO2/c1-15(2)11-13(16(3,4)19-15)14(18)6-5-12-7-9-17-10-8-12/h7-10,13-14,18H,5-6,11H2,1-4H3. The van der Waals surface area contributed by atoms with E-state index in [0.717, 1.165) is 19.3 Å². The van der Waals surface area contributed by atoms with Crippen molar-refractivity contribution in [3.8, 4) is 0 Å². The number of aromatic nitrogens is 1. The van der Waals surface area contributed by atoms with Crippen LogP contribution in [0.4, 0.5) is 0 Å². The highest BCUT2D eigenvalue weighted by atomic mass is 16.5. The van der Waals surface area contributed by atoms with Gasteiger partial charge in [0.15, 0.2) is 0 Å². The predicted octanol–water partition coefficient (Wildman–Crippen LogP) is 2.97. The summed E-state index contributed by atoms with van der Waals surface area (Å²) < 4.78 is 6.05. The Morgan fingerprint density at radius 3 is 2.47 bits per heavy atom. The average Bonchev–Trinajstić information content (AvgIpc) is 2.56. The first-order valence-electron chi connectivity index (χ1n) is 7.07. The van der Waals surface area contributed by atoms with E-state index in [9.17, 15) is 5.11 Å². The van der Waals surface area contributed by atoms with Gasteiger partial charge in [0, 0.05) is 18.3 Å². The zero-order valence-corrected chi connectivity index (χ0v) is 12.4. The van der Waals surface area contributed by atoms with E-state index in [0.29, 0.717) is 0 Å². The summed E-state index contributed by atoms with van der Waals surface area (Å²) in [4.78, 5) is 4.01. The molecule has 19 heavy (non-hydrogen) atoms. The summed E-state index contributed by atoms with van der Waals surface area (Å²) in [6.07, 6.45) is 5.86. The Kier molecular flexibility index (Phi) is 3.98. The van der Waals surface area contributed by atoms with Gasteiger partial charge in [0.1, 0.15) is 0 Å². The molecule has 1 saturated heterocycles. The Labute approximate surface area is 116 Å². The van der Waals surface area contributed by atoms with Crippen LogP contribution in [0.25, 0.3) is 0 Å². The molecule has 0 saturated carbocycles. The van der Waals surface area contributed by atoms with Gasteiger partial charge in [0.05, 0.1) is 17.3 Å². The number of nitrogens with zero attached hydrogens (tertiary/aromatic N) is 1. The third-order valence-corrected chi connectivity index (χ3v) is 4.09. The van der Waals surface area contributed by atoms with Crippen LogP contribution in [0, 0.1) is 5.92 Å². The lowest BCUT2D eigenvalue weighted by Gasteiger charge is -2.30. The van der Waals surface area contributed by atoms with E-state index in [1.807, 2.05) is 12.1 Å². The van der Waals surface area contributed by atoms with Crippen molar-refractivity contribution in [1.82, 2.24) is 4.98 Å². The van der Waals surface area contributed by atoms with Gasteiger partial charge < -0.3 is 9.84 Å². The Bertz CT molecular complexity index is 414. The first-order valence-corrected chi connectivity index (χ1v) is 7.07. The first-order chi connectivity index (χ1) is 8.80. The van der Waals surface area contributed by atoms with Crippen molar-refractivity contribution in [1.29, 1.82) is 0 Å². The first kappa shape index (κ1) is 14.5. The molecule has 3 nitrogen and oxygen atoms in total. The Hall–Kier alpha value is -0.930. The van der Waals surface area contributed by atoms with Crippen molar-refractivity contribution in [2.24, 2.45) is 5.92 Å². The van der Waals surface area contributed by atoms with E-state index in [1.165, 1.54) is 5.56 Å². The molecule has 0 amide bonds. The van der Waals surface area contributed by atoms with Crippen molar-refractivity contribution in [2.75, 3.05) is 0 Å². The van der Waals surface area contributed by atoms with Crippen LogP contribution in [-0.4, -0.2) is 27.4 Å². The summed E-state index contributed by atoms with van der Waals surface area (Å²) in [5, 5.41) is 10.5. The summed E-state index contributed by atoms with van der Waals surface area (Å²) in [6, 6.07) is 4.01. The van der Waals surface area contributed by atoms with Crippen molar-refractivity contribution in [3.05, 3.63) is 30.1 Å². The quantitative estimate of drug-likeness (QED) is 0.908. The molecule has 106 valence electrons. The summed E-state index contributed by atoms with van der Waals surface area (Å²) in [7, 11) is 0. The molecule has 1 N–H and O–H groups in total. The average molecular weight is 263 g/mol. The molecule has 1 aliphatic heterocycles. The maximum atomic E-state index is 10.5. The minimum Gasteiger partial charge on any atom is -0.393 e. The maximum Gasteiger partial charge on any atom is 0.0687 e. The Balaban J connectivity index is 1.95. The number of aryl methyl sites for hydroxylation is 1. The topological polar surface area (TPSA) is 42.4 Å². The molecule has 2 atom stereocenters. The molecule has 2 heterocycles. The molecule has 0 aliphatic carbocycles. The second kappa shape index (κ2) is 5.22. The summed E-state index contributed by atoms with van der Waals surface area (Å²) in [5.41, 5.74) is 0.845. The lowest BCUT2D eigenvalue weighted by atomic mass is 9.81. The number of hydrogen-bond acceptors (Lipinski definition) is 3. The molecular formula is C16H25NO2. The van der Waals surface area contributed by atoms with Crippen LogP contribution in [0.15, 0.2) is 24.5 Å². The van der Waals surface area contributed by atoms with Gasteiger partial charge >= 0.3 is 0 Å². The number of hydrogen-bond donors (Lipinski definition) is 1. The molecule has 1 aromatic rings. The smallest absolute Gasteiger partial charge is 0.0687 e. The zero-order chi connectivity index (χ0) is 14.1. The van der Waals surface area contributed by atoms with Gasteiger partial charge in [-0.1, -0.05) is 0 Å². The molecule has 1 aliphatic rings. The van der Waals surface area contributed by atoms with Crippen LogP contribution in [0.2, 0.25) is 0 Å². The summed E-state index contributed by atoms with van der Waals surface area (Å²) >= 11 is 0. The van der Waals surface area contributed by atoms with Gasteiger partial charge in [-0.25, -0.2) is 0 Å². The van der Waals surface area contributed by atoms with E-state index in [1.54, 1.807) is 12.4 Å². The molecule has 2 unspecified atom stereocenters. The molecule has 1 aromatic heterocycles. The van der Waals surface area contributed by atoms with E-state index in [-0.39, 0.29) is 23.2 Å². The highest BCUT2D eigenvalue weighted by molar-refractivity contribution is 5.10. The lowest BCUT2D eigenvalue weighted by Crippen LogP contribution is -2.36. The molecule has 2 rings (SSSR count). The molecular weight excluding hydrogens is 238 g/mol. The van der Waals surface area contributed by atoms with Crippen LogP contribution in [-0.2, 0) is 11.2 Å². The normalized spacial score (nSPS) is 26.3. The lowest BCUT2D eigenvalue weighted by molar-refractivity contribution is -0.0880. The predicted molar refractivity (Wildman–Crippen MR) is 75.9 cm³/mol. The van der Waals surface area contributed by atoms with Crippen molar-refractivity contribution >= 4 is 0 Å². The van der Waals surface area contributed by atoms with Crippen molar-refractivity contribution in [3.63, 3.8) is 0 Å². The number of aliphatic hydroxyl groups excluding tert-OH is 1. The second-order valence-corrected chi connectivity index (χ2v) is 6.74. The van der Waals surface area contributed by atoms with Gasteiger partial charge in [-0.2, -0.15) is 0 Å². The SMILES string of the molecule is CC1(C)CC(C(O)CCc2ccncc2)C(C)(C)O1. The zero-order valence-electron chi connectivity index (χ0n) is 12.4. The highest BCUT2D eigenvalue weighted by Gasteiger charge is 2.48. The fourth-order valence-electron chi connectivity index (χ4n) is 3.27. The summed E-state index contributed by atoms with van der Waals surface area (Å²) in [5.74, 6) is 0.198. The molecule has 3 heteroatoms. The third-order valence-electron chi connectivity index (χ3n) is 4.09. The van der Waals surface area contributed by atoms with Gasteiger partial charge in [-0.05, 0) is 64.7 Å². The largest absolute Gasteiger partial charge is 0.393 e. The number of ether oxygens (including phenoxy) is 1. The molecule has 0 bridgehead atoms. The van der Waals surface area contributed by atoms with Gasteiger partial charge in [-0.3, -0.25) is 4.98 Å². The molecule has 0 aromatic carbocycles. The van der Waals surface area contributed by atoms with Crippen LogP contribution in [0.5, 0.6) is 0 Å². The van der Waals surface area contributed by atoms with E-state index < -0.39 is 0 Å². The molecule has 1 fully saturated rings. The van der Waals surface area contributed by atoms with Crippen molar-refractivity contribution in [2.45, 2.75) is 64.3 Å². The van der Waals surface area contributed by atoms with Crippen molar-refractivity contribution < 1.29 is 9.84 Å². The Morgan fingerprint density at radius 2 is 1.95 bits per heavy atom. The number of aliphatic hydroxyl groups is 1. The maximum absolute atomic E-state index is 10.5. The monoisotopic (exact) mass is 263 g/mol. The van der Waals surface area contributed by atoms with Gasteiger partial charge in [0.25, 0.3) is 0 Å². The van der Waals surface area contributed by atoms with E-state index in [4.69, 9.17) is 4.74 Å². The highest BCUT2D eigenvalue weighted by Crippen LogP contribution is 2.44. The molecule has 0 radical (unpaired) electrons. The molecule has 0 spiro atoms. The second-order valence-electron chi connectivity index (χ2n) is 6.74. The van der Waals surface area contributed by atoms with Crippen LogP contribution < -0.4 is 0 Å². The van der Waals surface area contributed by atoms with Crippen LogP contribution in [0.1, 0.15) is 46.1 Å². The van der Waals surface area contributed by atoms with E-state index >= 15 is 0 Å².